The number of hydrogen-bond acceptors (Lipinski definition) is 6. The molecular formula is C22H27FN2O6S. The van der Waals surface area contributed by atoms with E-state index in [1.54, 1.807) is 45.9 Å². The number of nitrogens with zero attached hydrogens (tertiary/aromatic N) is 1. The largest absolute Gasteiger partial charge is 0.506 e. The van der Waals surface area contributed by atoms with Crippen LogP contribution >= 0.6 is 0 Å². The standard InChI is InChI=1S/C22H27FN2O6S/c1-13(2)31-21(28)22(3,4)10-6-9-14-7-5-8-15-11-16(26)20(19(23)18(14)15)25-12-17(27)24-32(25,29)30/h5,7-8,11-13,24,26-27H,6,9-10H2,1-4H3. The van der Waals surface area contributed by atoms with Crippen LogP contribution in [0.25, 0.3) is 10.8 Å². The van der Waals surface area contributed by atoms with Crippen molar-refractivity contribution in [2.24, 2.45) is 5.41 Å². The first-order chi connectivity index (χ1) is 14.8. The van der Waals surface area contributed by atoms with E-state index in [0.717, 1.165) is 6.20 Å². The molecule has 0 amide bonds. The molecule has 0 bridgehead atoms. The second-order valence-corrected chi connectivity index (χ2v) is 10.2. The number of rotatable bonds is 7. The van der Waals surface area contributed by atoms with Crippen molar-refractivity contribution in [1.82, 2.24) is 4.72 Å². The van der Waals surface area contributed by atoms with E-state index in [4.69, 9.17) is 4.74 Å². The minimum Gasteiger partial charge on any atom is -0.506 e. The van der Waals surface area contributed by atoms with Gasteiger partial charge in [-0.15, -0.1) is 0 Å². The summed E-state index contributed by atoms with van der Waals surface area (Å²) in [4.78, 5) is 12.3. The van der Waals surface area contributed by atoms with Gasteiger partial charge in [0, 0.05) is 5.39 Å². The van der Waals surface area contributed by atoms with Crippen LogP contribution in [0.3, 0.4) is 0 Å². The number of phenolic OH excluding ortho intramolecular Hbond substituents is 1. The number of esters is 1. The van der Waals surface area contributed by atoms with Gasteiger partial charge in [-0.3, -0.25) is 4.79 Å². The summed E-state index contributed by atoms with van der Waals surface area (Å²) in [5.41, 5.74) is -0.691. The molecule has 2 aromatic carbocycles. The van der Waals surface area contributed by atoms with E-state index in [1.165, 1.54) is 6.07 Å². The van der Waals surface area contributed by atoms with Gasteiger partial charge in [0.1, 0.15) is 11.4 Å². The predicted molar refractivity (Wildman–Crippen MR) is 119 cm³/mol. The third-order valence-electron chi connectivity index (χ3n) is 5.24. The molecule has 0 fully saturated rings. The predicted octanol–water partition coefficient (Wildman–Crippen LogP) is 4.00. The Morgan fingerprint density at radius 2 is 1.97 bits per heavy atom. The van der Waals surface area contributed by atoms with Crippen LogP contribution in [0.1, 0.15) is 46.1 Å². The SMILES string of the molecule is CC(C)OC(=O)C(C)(C)CCCc1cccc2cc(O)c(N3C=C(O)NS3(=O)=O)c(F)c12. The Labute approximate surface area is 186 Å². The molecule has 3 N–H and O–H groups in total. The number of aromatic hydroxyl groups is 1. The molecule has 0 radical (unpaired) electrons. The molecule has 1 aliphatic rings. The minimum atomic E-state index is -4.28. The van der Waals surface area contributed by atoms with Crippen LogP contribution in [-0.4, -0.2) is 30.7 Å². The van der Waals surface area contributed by atoms with E-state index in [-0.39, 0.29) is 17.5 Å². The average molecular weight is 467 g/mol. The lowest BCUT2D eigenvalue weighted by Gasteiger charge is -2.24. The van der Waals surface area contributed by atoms with Crippen molar-refractivity contribution in [2.45, 2.75) is 53.1 Å². The molecule has 3 rings (SSSR count). The first kappa shape index (κ1) is 23.6. The van der Waals surface area contributed by atoms with E-state index < -0.39 is 38.8 Å². The van der Waals surface area contributed by atoms with Gasteiger partial charge < -0.3 is 14.9 Å². The van der Waals surface area contributed by atoms with Crippen molar-refractivity contribution >= 4 is 32.6 Å². The van der Waals surface area contributed by atoms with Gasteiger partial charge in [0.05, 0.1) is 17.7 Å². The molecule has 0 saturated carbocycles. The highest BCUT2D eigenvalue weighted by Gasteiger charge is 2.34. The number of aryl methyl sites for hydroxylation is 1. The van der Waals surface area contributed by atoms with Gasteiger partial charge in [0.25, 0.3) is 0 Å². The number of benzene rings is 2. The van der Waals surface area contributed by atoms with E-state index in [9.17, 15) is 23.4 Å². The van der Waals surface area contributed by atoms with Crippen LogP contribution in [0.15, 0.2) is 36.3 Å². The van der Waals surface area contributed by atoms with Gasteiger partial charge in [-0.2, -0.15) is 8.42 Å². The summed E-state index contributed by atoms with van der Waals surface area (Å²) in [6, 6.07) is 6.32. The first-order valence-electron chi connectivity index (χ1n) is 10.2. The number of ether oxygens (including phenoxy) is 1. The fourth-order valence-corrected chi connectivity index (χ4v) is 4.71. The monoisotopic (exact) mass is 466 g/mol. The highest BCUT2D eigenvalue weighted by molar-refractivity contribution is 7.91. The van der Waals surface area contributed by atoms with Crippen LogP contribution in [0.5, 0.6) is 5.75 Å². The van der Waals surface area contributed by atoms with Crippen molar-refractivity contribution in [3.63, 3.8) is 0 Å². The van der Waals surface area contributed by atoms with Gasteiger partial charge >= 0.3 is 16.2 Å². The number of aliphatic hydroxyl groups excluding tert-OH is 1. The molecule has 0 unspecified atom stereocenters. The Morgan fingerprint density at radius 3 is 2.56 bits per heavy atom. The third-order valence-corrected chi connectivity index (χ3v) is 6.51. The van der Waals surface area contributed by atoms with Gasteiger partial charge in [0.2, 0.25) is 5.88 Å². The maximum Gasteiger partial charge on any atom is 0.330 e. The quantitative estimate of drug-likeness (QED) is 0.531. The van der Waals surface area contributed by atoms with Gasteiger partial charge in [-0.1, -0.05) is 18.2 Å². The highest BCUT2D eigenvalue weighted by Crippen LogP contribution is 2.40. The van der Waals surface area contributed by atoms with E-state index in [2.05, 4.69) is 0 Å². The molecule has 32 heavy (non-hydrogen) atoms. The molecule has 0 saturated heterocycles. The maximum atomic E-state index is 15.6. The summed E-state index contributed by atoms with van der Waals surface area (Å²) in [7, 11) is -4.28. The molecule has 174 valence electrons. The molecule has 0 atom stereocenters. The van der Waals surface area contributed by atoms with Crippen molar-refractivity contribution in [2.75, 3.05) is 4.31 Å². The lowest BCUT2D eigenvalue weighted by Crippen LogP contribution is -2.30. The lowest BCUT2D eigenvalue weighted by atomic mass is 9.86. The average Bonchev–Trinajstić information content (AvgIpc) is 2.92. The molecule has 2 aromatic rings. The Balaban J connectivity index is 1.94. The minimum absolute atomic E-state index is 0.165. The van der Waals surface area contributed by atoms with Crippen LogP contribution in [0.4, 0.5) is 10.1 Å². The number of hydrogen-bond donors (Lipinski definition) is 3. The van der Waals surface area contributed by atoms with Crippen molar-refractivity contribution in [1.29, 1.82) is 0 Å². The molecule has 1 heterocycles. The Bertz CT molecular complexity index is 1190. The summed E-state index contributed by atoms with van der Waals surface area (Å²) >= 11 is 0. The second-order valence-electron chi connectivity index (χ2n) is 8.68. The summed E-state index contributed by atoms with van der Waals surface area (Å²) in [5, 5.41) is 20.4. The zero-order chi connectivity index (χ0) is 23.8. The summed E-state index contributed by atoms with van der Waals surface area (Å²) in [5.74, 6) is -2.50. The summed E-state index contributed by atoms with van der Waals surface area (Å²) < 4.78 is 47.6. The lowest BCUT2D eigenvalue weighted by molar-refractivity contribution is -0.158. The third kappa shape index (κ3) is 4.59. The van der Waals surface area contributed by atoms with E-state index in [1.807, 2.05) is 4.72 Å². The Morgan fingerprint density at radius 1 is 1.28 bits per heavy atom. The Hall–Kier alpha value is -3.01. The van der Waals surface area contributed by atoms with Crippen LogP contribution in [0, 0.1) is 11.2 Å². The number of carbonyl (C=O) groups is 1. The fraction of sp³-hybridized carbons (Fsp3) is 0.409. The van der Waals surface area contributed by atoms with Crippen molar-refractivity contribution in [3.05, 3.63) is 47.7 Å². The van der Waals surface area contributed by atoms with E-state index >= 15 is 4.39 Å². The molecule has 0 aliphatic carbocycles. The molecule has 0 aromatic heterocycles. The zero-order valence-electron chi connectivity index (χ0n) is 18.3. The smallest absolute Gasteiger partial charge is 0.330 e. The second kappa shape index (κ2) is 8.50. The zero-order valence-corrected chi connectivity index (χ0v) is 19.2. The molecular weight excluding hydrogens is 439 g/mol. The number of nitrogens with one attached hydrogen (secondary N) is 1. The molecule has 1 aliphatic heterocycles. The molecule has 8 nitrogen and oxygen atoms in total. The molecule has 10 heteroatoms. The molecule has 0 spiro atoms. The number of carbonyl (C=O) groups excluding carboxylic acids is 1. The van der Waals surface area contributed by atoms with Crippen molar-refractivity contribution in [3.8, 4) is 5.75 Å². The Kier molecular flexibility index (Phi) is 6.28. The summed E-state index contributed by atoms with van der Waals surface area (Å²) in [6.07, 6.45) is 2.04. The first-order valence-corrected chi connectivity index (χ1v) is 11.6. The maximum absolute atomic E-state index is 15.6. The van der Waals surface area contributed by atoms with Gasteiger partial charge in [0.15, 0.2) is 5.82 Å². The fourth-order valence-electron chi connectivity index (χ4n) is 3.64. The van der Waals surface area contributed by atoms with Crippen LogP contribution < -0.4 is 9.03 Å². The van der Waals surface area contributed by atoms with Crippen LogP contribution in [-0.2, 0) is 26.2 Å². The highest BCUT2D eigenvalue weighted by atomic mass is 32.2. The summed E-state index contributed by atoms with van der Waals surface area (Å²) in [6.45, 7) is 7.15. The number of halogens is 1. The topological polar surface area (TPSA) is 116 Å². The van der Waals surface area contributed by atoms with Crippen LogP contribution in [0.2, 0.25) is 0 Å². The normalized spacial score (nSPS) is 15.7. The number of aliphatic hydroxyl groups is 1. The number of phenols is 1. The number of fused-ring (bicyclic) bond motifs is 1. The van der Waals surface area contributed by atoms with E-state index in [0.29, 0.717) is 34.5 Å². The number of anilines is 1. The van der Waals surface area contributed by atoms with Gasteiger partial charge in [-0.25, -0.2) is 13.4 Å². The van der Waals surface area contributed by atoms with Crippen molar-refractivity contribution < 1.29 is 32.6 Å². The van der Waals surface area contributed by atoms with Gasteiger partial charge in [-0.05, 0) is 64.0 Å².